The van der Waals surface area contributed by atoms with Crippen molar-refractivity contribution < 1.29 is 0 Å². The maximum absolute atomic E-state index is 5.82. The molecule has 6 nitrogen and oxygen atoms in total. The van der Waals surface area contributed by atoms with Crippen LogP contribution in [0.15, 0.2) is 0 Å². The van der Waals surface area contributed by atoms with Gasteiger partial charge in [0, 0.05) is 20.1 Å². The fourth-order valence-electron chi connectivity index (χ4n) is 2.14. The SMILES string of the molecule is CCN1CCC(CNc2nc(Cl)nc(NC)n2)C1. The molecule has 7 heteroatoms. The summed E-state index contributed by atoms with van der Waals surface area (Å²) in [7, 11) is 1.76. The molecule has 1 aromatic rings. The summed E-state index contributed by atoms with van der Waals surface area (Å²) in [5.74, 6) is 1.67. The van der Waals surface area contributed by atoms with Crippen molar-refractivity contribution in [3.63, 3.8) is 0 Å². The van der Waals surface area contributed by atoms with Gasteiger partial charge in [-0.2, -0.15) is 15.0 Å². The largest absolute Gasteiger partial charge is 0.357 e. The molecule has 18 heavy (non-hydrogen) atoms. The fraction of sp³-hybridized carbons (Fsp3) is 0.727. The Morgan fingerprint density at radius 3 is 2.78 bits per heavy atom. The van der Waals surface area contributed by atoms with Crippen LogP contribution in [0.25, 0.3) is 0 Å². The van der Waals surface area contributed by atoms with Gasteiger partial charge < -0.3 is 15.5 Å². The van der Waals surface area contributed by atoms with Crippen LogP contribution in [-0.4, -0.2) is 53.1 Å². The second-order valence-electron chi connectivity index (χ2n) is 4.43. The van der Waals surface area contributed by atoms with Crippen LogP contribution in [0.2, 0.25) is 5.28 Å². The molecule has 1 aliphatic heterocycles. The van der Waals surface area contributed by atoms with E-state index in [-0.39, 0.29) is 5.28 Å². The zero-order valence-electron chi connectivity index (χ0n) is 10.8. The van der Waals surface area contributed by atoms with Crippen molar-refractivity contribution >= 4 is 23.5 Å². The third-order valence-corrected chi connectivity index (χ3v) is 3.37. The van der Waals surface area contributed by atoms with Gasteiger partial charge in [0.05, 0.1) is 0 Å². The van der Waals surface area contributed by atoms with Crippen molar-refractivity contribution in [1.82, 2.24) is 19.9 Å². The summed E-state index contributed by atoms with van der Waals surface area (Å²) in [6, 6.07) is 0. The van der Waals surface area contributed by atoms with Crippen LogP contribution in [0, 0.1) is 5.92 Å². The van der Waals surface area contributed by atoms with Crippen LogP contribution >= 0.6 is 11.6 Å². The Kier molecular flexibility index (Phi) is 4.54. The molecule has 1 saturated heterocycles. The number of nitrogens with one attached hydrogen (secondary N) is 2. The normalized spacial score (nSPS) is 20.1. The molecular formula is C11H19ClN6. The fourth-order valence-corrected chi connectivity index (χ4v) is 2.30. The van der Waals surface area contributed by atoms with Crippen molar-refractivity contribution in [2.45, 2.75) is 13.3 Å². The van der Waals surface area contributed by atoms with E-state index in [1.54, 1.807) is 7.05 Å². The van der Waals surface area contributed by atoms with Gasteiger partial charge in [0.2, 0.25) is 17.2 Å². The molecule has 2 N–H and O–H groups in total. The molecule has 1 fully saturated rings. The molecule has 1 atom stereocenters. The number of nitrogens with zero attached hydrogens (tertiary/aromatic N) is 4. The van der Waals surface area contributed by atoms with Crippen LogP contribution in [0.4, 0.5) is 11.9 Å². The Balaban J connectivity index is 1.88. The van der Waals surface area contributed by atoms with E-state index in [1.165, 1.54) is 13.0 Å². The molecular weight excluding hydrogens is 252 g/mol. The number of hydrogen-bond acceptors (Lipinski definition) is 6. The van der Waals surface area contributed by atoms with E-state index in [4.69, 9.17) is 11.6 Å². The van der Waals surface area contributed by atoms with Gasteiger partial charge in [-0.3, -0.25) is 0 Å². The first-order valence-corrected chi connectivity index (χ1v) is 6.64. The number of anilines is 2. The van der Waals surface area contributed by atoms with Crippen molar-refractivity contribution in [3.05, 3.63) is 5.28 Å². The Morgan fingerprint density at radius 2 is 2.11 bits per heavy atom. The van der Waals surface area contributed by atoms with Crippen LogP contribution in [-0.2, 0) is 0 Å². The minimum Gasteiger partial charge on any atom is -0.357 e. The highest BCUT2D eigenvalue weighted by molar-refractivity contribution is 6.28. The summed E-state index contributed by atoms with van der Waals surface area (Å²) in [5, 5.41) is 6.30. The Labute approximate surface area is 112 Å². The zero-order valence-corrected chi connectivity index (χ0v) is 11.5. The summed E-state index contributed by atoms with van der Waals surface area (Å²) in [4.78, 5) is 14.7. The number of aromatic nitrogens is 3. The van der Waals surface area contributed by atoms with E-state index in [0.29, 0.717) is 17.8 Å². The van der Waals surface area contributed by atoms with Gasteiger partial charge in [0.15, 0.2) is 0 Å². The lowest BCUT2D eigenvalue weighted by atomic mass is 10.1. The predicted molar refractivity (Wildman–Crippen MR) is 73.1 cm³/mol. The maximum atomic E-state index is 5.82. The van der Waals surface area contributed by atoms with Crippen molar-refractivity contribution in [1.29, 1.82) is 0 Å². The van der Waals surface area contributed by atoms with Crippen LogP contribution in [0.3, 0.4) is 0 Å². The van der Waals surface area contributed by atoms with Crippen LogP contribution < -0.4 is 10.6 Å². The number of hydrogen-bond donors (Lipinski definition) is 2. The van der Waals surface area contributed by atoms with Crippen molar-refractivity contribution in [2.24, 2.45) is 5.92 Å². The molecule has 2 rings (SSSR count). The molecule has 1 aliphatic rings. The predicted octanol–water partition coefficient (Wildman–Crippen LogP) is 1.32. The molecule has 1 unspecified atom stereocenters. The second-order valence-corrected chi connectivity index (χ2v) is 4.77. The van der Waals surface area contributed by atoms with E-state index in [9.17, 15) is 0 Å². The standard InChI is InChI=1S/C11H19ClN6/c1-3-18-5-4-8(7-18)6-14-11-16-9(12)15-10(13-2)17-11/h8H,3-7H2,1-2H3,(H2,13,14,15,16,17). The Hall–Kier alpha value is -1.14. The molecule has 0 spiro atoms. The van der Waals surface area contributed by atoms with Gasteiger partial charge in [-0.05, 0) is 37.0 Å². The molecule has 0 radical (unpaired) electrons. The molecule has 0 bridgehead atoms. The van der Waals surface area contributed by atoms with E-state index < -0.39 is 0 Å². The summed E-state index contributed by atoms with van der Waals surface area (Å²) < 4.78 is 0. The van der Waals surface area contributed by atoms with E-state index in [2.05, 4.69) is 37.4 Å². The number of rotatable bonds is 5. The van der Waals surface area contributed by atoms with Crippen LogP contribution in [0.5, 0.6) is 0 Å². The average molecular weight is 271 g/mol. The lowest BCUT2D eigenvalue weighted by Gasteiger charge is -2.13. The minimum atomic E-state index is 0.207. The average Bonchev–Trinajstić information content (AvgIpc) is 2.83. The first-order valence-electron chi connectivity index (χ1n) is 6.26. The zero-order chi connectivity index (χ0) is 13.0. The quantitative estimate of drug-likeness (QED) is 0.841. The number of likely N-dealkylation sites (tertiary alicyclic amines) is 1. The molecule has 100 valence electrons. The Bertz CT molecular complexity index is 399. The summed E-state index contributed by atoms with van der Waals surface area (Å²) in [6.07, 6.45) is 1.22. The second kappa shape index (κ2) is 6.15. The van der Waals surface area contributed by atoms with Crippen molar-refractivity contribution in [3.8, 4) is 0 Å². The number of halogens is 1. The summed E-state index contributed by atoms with van der Waals surface area (Å²) in [5.41, 5.74) is 0. The molecule has 0 amide bonds. The maximum Gasteiger partial charge on any atom is 0.228 e. The van der Waals surface area contributed by atoms with Gasteiger partial charge >= 0.3 is 0 Å². The highest BCUT2D eigenvalue weighted by Gasteiger charge is 2.21. The van der Waals surface area contributed by atoms with E-state index >= 15 is 0 Å². The summed E-state index contributed by atoms with van der Waals surface area (Å²) in [6.45, 7) is 6.52. The first-order chi connectivity index (χ1) is 8.71. The molecule has 1 aromatic heterocycles. The monoisotopic (exact) mass is 270 g/mol. The van der Waals surface area contributed by atoms with Gasteiger partial charge in [-0.25, -0.2) is 0 Å². The van der Waals surface area contributed by atoms with Gasteiger partial charge in [-0.15, -0.1) is 0 Å². The molecule has 2 heterocycles. The highest BCUT2D eigenvalue weighted by Crippen LogP contribution is 2.16. The molecule has 0 aromatic carbocycles. The molecule has 0 aliphatic carbocycles. The summed E-state index contributed by atoms with van der Waals surface area (Å²) >= 11 is 5.82. The first kappa shape index (κ1) is 13.3. The molecule has 0 saturated carbocycles. The van der Waals surface area contributed by atoms with Crippen LogP contribution in [0.1, 0.15) is 13.3 Å². The third kappa shape index (κ3) is 3.43. The van der Waals surface area contributed by atoms with E-state index in [0.717, 1.165) is 19.6 Å². The van der Waals surface area contributed by atoms with E-state index in [1.807, 2.05) is 0 Å². The Morgan fingerprint density at radius 1 is 1.33 bits per heavy atom. The minimum absolute atomic E-state index is 0.207. The van der Waals surface area contributed by atoms with Crippen molar-refractivity contribution in [2.75, 3.05) is 43.9 Å². The lowest BCUT2D eigenvalue weighted by Crippen LogP contribution is -2.23. The topological polar surface area (TPSA) is 66.0 Å². The smallest absolute Gasteiger partial charge is 0.228 e. The third-order valence-electron chi connectivity index (χ3n) is 3.20. The van der Waals surface area contributed by atoms with Gasteiger partial charge in [0.1, 0.15) is 0 Å². The van der Waals surface area contributed by atoms with Gasteiger partial charge in [0.25, 0.3) is 0 Å². The lowest BCUT2D eigenvalue weighted by molar-refractivity contribution is 0.345. The van der Waals surface area contributed by atoms with Gasteiger partial charge in [-0.1, -0.05) is 6.92 Å². The highest BCUT2D eigenvalue weighted by atomic mass is 35.5.